The van der Waals surface area contributed by atoms with Gasteiger partial charge in [-0.3, -0.25) is 4.79 Å². The molecule has 0 radical (unpaired) electrons. The fraction of sp³-hybridized carbons (Fsp3) is 0.278. The summed E-state index contributed by atoms with van der Waals surface area (Å²) >= 11 is 0. The fourth-order valence-electron chi connectivity index (χ4n) is 2.75. The summed E-state index contributed by atoms with van der Waals surface area (Å²) in [6.07, 6.45) is -4.44. The topological polar surface area (TPSA) is 46.4 Å². The largest absolute Gasteiger partial charge is 0.468 e. The van der Waals surface area contributed by atoms with Crippen LogP contribution in [0.4, 0.5) is 13.2 Å². The third kappa shape index (κ3) is 3.52. The molecule has 1 aliphatic rings. The van der Waals surface area contributed by atoms with E-state index in [9.17, 15) is 22.2 Å². The van der Waals surface area contributed by atoms with Crippen LogP contribution in [0.1, 0.15) is 22.7 Å². The zero-order valence-electron chi connectivity index (χ0n) is 14.0. The first-order valence-electron chi connectivity index (χ1n) is 7.76. The van der Waals surface area contributed by atoms with Gasteiger partial charge in [0.1, 0.15) is 17.0 Å². The van der Waals surface area contributed by atoms with Crippen LogP contribution >= 0.6 is 0 Å². The van der Waals surface area contributed by atoms with Gasteiger partial charge in [0.25, 0.3) is 0 Å². The molecule has 3 rings (SSSR count). The summed E-state index contributed by atoms with van der Waals surface area (Å²) in [6, 6.07) is 10.1. The summed E-state index contributed by atoms with van der Waals surface area (Å²) in [5, 5.41) is 0. The highest BCUT2D eigenvalue weighted by atomic mass is 32.2. The van der Waals surface area contributed by atoms with E-state index in [2.05, 4.69) is 0 Å². The zero-order valence-corrected chi connectivity index (χ0v) is 14.8. The first-order chi connectivity index (χ1) is 12.2. The molecule has 1 heterocycles. The van der Waals surface area contributed by atoms with Crippen LogP contribution in [0, 0.1) is 6.92 Å². The lowest BCUT2D eigenvalue weighted by molar-refractivity contribution is -0.140. The van der Waals surface area contributed by atoms with Crippen LogP contribution in [-0.4, -0.2) is 27.6 Å². The van der Waals surface area contributed by atoms with E-state index in [-0.39, 0.29) is 0 Å². The summed E-state index contributed by atoms with van der Waals surface area (Å²) in [6.45, 7) is 1.90. The molecule has 2 aromatic rings. The Morgan fingerprint density at radius 1 is 1.08 bits per heavy atom. The van der Waals surface area contributed by atoms with Gasteiger partial charge < -0.3 is 4.74 Å². The van der Waals surface area contributed by atoms with Crippen molar-refractivity contribution in [2.75, 3.05) is 7.11 Å². The Morgan fingerprint density at radius 2 is 1.65 bits per heavy atom. The van der Waals surface area contributed by atoms with Crippen molar-refractivity contribution in [1.29, 1.82) is 0 Å². The van der Waals surface area contributed by atoms with Gasteiger partial charge in [-0.1, -0.05) is 29.8 Å². The normalized spacial score (nSPS) is 23.3. The number of aryl methyl sites for hydroxylation is 1. The molecule has 0 saturated carbocycles. The molecule has 1 fully saturated rings. The van der Waals surface area contributed by atoms with Crippen molar-refractivity contribution in [3.8, 4) is 0 Å². The maximum Gasteiger partial charge on any atom is 0.416 e. The summed E-state index contributed by atoms with van der Waals surface area (Å²) in [7, 11) is -0.408. The lowest BCUT2D eigenvalue weighted by Crippen LogP contribution is -2.16. The Bertz CT molecular complexity index is 834. The second-order valence-electron chi connectivity index (χ2n) is 5.95. The van der Waals surface area contributed by atoms with Crippen molar-refractivity contribution in [3.63, 3.8) is 0 Å². The van der Waals surface area contributed by atoms with Crippen LogP contribution in [0.15, 0.2) is 53.4 Å². The summed E-state index contributed by atoms with van der Waals surface area (Å²) in [5.74, 6) is -0.574. The number of nitrogens with zero attached hydrogens (tertiary/aromatic N) is 1. The smallest absolute Gasteiger partial charge is 0.416 e. The zero-order chi connectivity index (χ0) is 19.1. The van der Waals surface area contributed by atoms with Crippen LogP contribution in [-0.2, 0) is 26.7 Å². The van der Waals surface area contributed by atoms with E-state index < -0.39 is 40.8 Å². The first-order valence-corrected chi connectivity index (χ1v) is 8.86. The standard InChI is InChI=1S/C18H16F3NO3S/c1-11-3-9-14(10-4-11)26(24)22-15(16(22)17(23)25-2)12-5-7-13(8-6-12)18(19,20)21/h3-10,15-16H,1-2H3/t15-,16+,22?,26?/m1/s1. The number of hydrogen-bond acceptors (Lipinski definition) is 3. The lowest BCUT2D eigenvalue weighted by Gasteiger charge is -2.08. The first kappa shape index (κ1) is 18.6. The number of esters is 1. The van der Waals surface area contributed by atoms with Crippen molar-refractivity contribution < 1.29 is 26.9 Å². The number of ether oxygens (including phenoxy) is 1. The molecular formula is C18H16F3NO3S. The molecule has 0 amide bonds. The second-order valence-corrected chi connectivity index (χ2v) is 7.35. The monoisotopic (exact) mass is 383 g/mol. The molecule has 0 aliphatic carbocycles. The highest BCUT2D eigenvalue weighted by molar-refractivity contribution is 7.83. The van der Waals surface area contributed by atoms with E-state index in [0.717, 1.165) is 17.7 Å². The fourth-order valence-corrected chi connectivity index (χ4v) is 4.15. The number of rotatable bonds is 4. The van der Waals surface area contributed by atoms with E-state index in [4.69, 9.17) is 4.74 Å². The molecule has 1 saturated heterocycles. The minimum Gasteiger partial charge on any atom is -0.468 e. The van der Waals surface area contributed by atoms with Gasteiger partial charge in [-0.25, -0.2) is 4.21 Å². The summed E-state index contributed by atoms with van der Waals surface area (Å²) < 4.78 is 57.1. The van der Waals surface area contributed by atoms with Gasteiger partial charge in [0, 0.05) is 0 Å². The highest BCUT2D eigenvalue weighted by Gasteiger charge is 2.58. The van der Waals surface area contributed by atoms with Crippen LogP contribution in [0.5, 0.6) is 0 Å². The van der Waals surface area contributed by atoms with Crippen LogP contribution in [0.25, 0.3) is 0 Å². The van der Waals surface area contributed by atoms with Crippen LogP contribution in [0.3, 0.4) is 0 Å². The molecule has 0 bridgehead atoms. The van der Waals surface area contributed by atoms with Crippen molar-refractivity contribution in [3.05, 3.63) is 65.2 Å². The minimum atomic E-state index is -4.44. The van der Waals surface area contributed by atoms with Crippen molar-refractivity contribution in [1.82, 2.24) is 4.31 Å². The van der Waals surface area contributed by atoms with E-state index in [0.29, 0.717) is 10.5 Å². The maximum atomic E-state index is 12.8. The number of carbonyl (C=O) groups excluding carboxylic acids is 1. The van der Waals surface area contributed by atoms with Gasteiger partial charge in [-0.15, -0.1) is 0 Å². The Labute approximate surface area is 151 Å². The Morgan fingerprint density at radius 3 is 2.15 bits per heavy atom. The predicted molar refractivity (Wildman–Crippen MR) is 89.4 cm³/mol. The van der Waals surface area contributed by atoms with E-state index >= 15 is 0 Å². The van der Waals surface area contributed by atoms with E-state index in [1.165, 1.54) is 23.5 Å². The Balaban J connectivity index is 1.88. The molecule has 8 heteroatoms. The summed E-state index contributed by atoms with van der Waals surface area (Å²) in [5.41, 5.74) is 0.706. The second kappa shape index (κ2) is 6.85. The number of benzene rings is 2. The van der Waals surface area contributed by atoms with Crippen molar-refractivity contribution in [2.45, 2.75) is 30.1 Å². The molecule has 26 heavy (non-hydrogen) atoms. The molecular weight excluding hydrogens is 367 g/mol. The Hall–Kier alpha value is -2.19. The van der Waals surface area contributed by atoms with Gasteiger partial charge in [0.2, 0.25) is 0 Å². The highest BCUT2D eigenvalue weighted by Crippen LogP contribution is 2.47. The number of hydrogen-bond donors (Lipinski definition) is 0. The summed E-state index contributed by atoms with van der Waals surface area (Å²) in [4.78, 5) is 12.5. The Kier molecular flexibility index (Phi) is 4.90. The number of alkyl halides is 3. The number of halogens is 3. The number of methoxy groups -OCH3 is 1. The molecule has 138 valence electrons. The SMILES string of the molecule is COC(=O)[C@@H]1[C@@H](c2ccc(C(F)(F)F)cc2)N1S(=O)c1ccc(C)cc1. The molecule has 1 aliphatic heterocycles. The molecule has 2 aromatic carbocycles. The van der Waals surface area contributed by atoms with Gasteiger partial charge in [0.05, 0.1) is 23.6 Å². The lowest BCUT2D eigenvalue weighted by atomic mass is 10.1. The maximum absolute atomic E-state index is 12.8. The van der Waals surface area contributed by atoms with Gasteiger partial charge in [-0.2, -0.15) is 17.5 Å². The van der Waals surface area contributed by atoms with Crippen molar-refractivity contribution in [2.24, 2.45) is 0 Å². The molecule has 0 N–H and O–H groups in total. The predicted octanol–water partition coefficient (Wildman–Crippen LogP) is 3.63. The third-order valence-corrected chi connectivity index (χ3v) is 5.71. The van der Waals surface area contributed by atoms with E-state index in [1.807, 2.05) is 6.92 Å². The molecule has 0 aromatic heterocycles. The quantitative estimate of drug-likeness (QED) is 0.598. The minimum absolute atomic E-state index is 0.480. The average molecular weight is 383 g/mol. The van der Waals surface area contributed by atoms with Gasteiger partial charge >= 0.3 is 12.1 Å². The molecule has 4 atom stereocenters. The van der Waals surface area contributed by atoms with Crippen molar-refractivity contribution >= 4 is 17.0 Å². The molecule has 4 nitrogen and oxygen atoms in total. The van der Waals surface area contributed by atoms with Crippen LogP contribution in [0.2, 0.25) is 0 Å². The number of carbonyl (C=O) groups is 1. The van der Waals surface area contributed by atoms with Crippen LogP contribution < -0.4 is 0 Å². The van der Waals surface area contributed by atoms with Gasteiger partial charge in [0.15, 0.2) is 0 Å². The third-order valence-electron chi connectivity index (χ3n) is 4.19. The average Bonchev–Trinajstić information content (AvgIpc) is 3.36. The molecule has 0 spiro atoms. The molecule has 2 unspecified atom stereocenters. The van der Waals surface area contributed by atoms with E-state index in [1.54, 1.807) is 24.3 Å². The van der Waals surface area contributed by atoms with Gasteiger partial charge in [-0.05, 0) is 36.8 Å².